The van der Waals surface area contributed by atoms with Crippen molar-refractivity contribution < 1.29 is 23.8 Å². The van der Waals surface area contributed by atoms with Gasteiger partial charge >= 0.3 is 5.97 Å². The highest BCUT2D eigenvalue weighted by molar-refractivity contribution is 5.95. The smallest absolute Gasteiger partial charge is 0.346 e. The Morgan fingerprint density at radius 3 is 2.57 bits per heavy atom. The third-order valence-electron chi connectivity index (χ3n) is 3.07. The van der Waals surface area contributed by atoms with Crippen LogP contribution >= 0.6 is 0 Å². The molecule has 0 spiro atoms. The lowest BCUT2D eigenvalue weighted by Gasteiger charge is -2.15. The van der Waals surface area contributed by atoms with Crippen LogP contribution in [0, 0.1) is 12.7 Å². The summed E-state index contributed by atoms with van der Waals surface area (Å²) in [6.07, 6.45) is 0.253. The number of carboxylic acid groups (broad SMARTS) is 1. The first kappa shape index (κ1) is 16.5. The number of aromatic nitrogens is 2. The maximum absolute atomic E-state index is 12.8. The Kier molecular flexibility index (Phi) is 4.95. The summed E-state index contributed by atoms with van der Waals surface area (Å²) in [5, 5.41) is 15.7. The van der Waals surface area contributed by atoms with Crippen LogP contribution in [-0.2, 0) is 11.8 Å². The summed E-state index contributed by atoms with van der Waals surface area (Å²) in [6, 6.07) is 4.95. The lowest BCUT2D eigenvalue weighted by Crippen LogP contribution is -2.40. The Hall–Kier alpha value is -2.90. The number of carbonyl (C=O) groups is 2. The largest absolute Gasteiger partial charge is 0.478 e. The highest BCUT2D eigenvalue weighted by atomic mass is 19.1. The van der Waals surface area contributed by atoms with E-state index in [0.717, 1.165) is 12.1 Å². The first-order valence-corrected chi connectivity index (χ1v) is 6.80. The van der Waals surface area contributed by atoms with Crippen molar-refractivity contribution >= 4 is 11.9 Å². The molecule has 8 heteroatoms. The lowest BCUT2D eigenvalue weighted by molar-refractivity contribution is -0.144. The van der Waals surface area contributed by atoms with Crippen LogP contribution in [0.4, 0.5) is 4.39 Å². The summed E-state index contributed by atoms with van der Waals surface area (Å²) in [5.74, 6) is -1.93. The molecule has 122 valence electrons. The molecule has 2 aromatic rings. The Labute approximate surface area is 131 Å². The Morgan fingerprint density at radius 2 is 2.04 bits per heavy atom. The normalized spacial score (nSPS) is 11.8. The number of aryl methyl sites for hydroxylation is 2. The van der Waals surface area contributed by atoms with E-state index >= 15 is 0 Å². The summed E-state index contributed by atoms with van der Waals surface area (Å²) < 4.78 is 19.6. The number of rotatable bonds is 6. The van der Waals surface area contributed by atoms with Crippen molar-refractivity contribution in [1.29, 1.82) is 0 Å². The van der Waals surface area contributed by atoms with E-state index in [9.17, 15) is 14.0 Å². The first-order valence-electron chi connectivity index (χ1n) is 6.80. The molecule has 0 aliphatic rings. The zero-order valence-corrected chi connectivity index (χ0v) is 12.6. The van der Waals surface area contributed by atoms with Gasteiger partial charge in [-0.15, -0.1) is 0 Å². The van der Waals surface area contributed by atoms with Gasteiger partial charge < -0.3 is 15.2 Å². The Morgan fingerprint density at radius 1 is 1.39 bits per heavy atom. The van der Waals surface area contributed by atoms with Crippen LogP contribution in [0.1, 0.15) is 16.1 Å². The molecule has 1 heterocycles. The molecule has 1 atom stereocenters. The van der Waals surface area contributed by atoms with Gasteiger partial charge in [-0.25, -0.2) is 9.18 Å². The molecule has 1 aromatic heterocycles. The number of carbonyl (C=O) groups excluding carboxylic acids is 1. The van der Waals surface area contributed by atoms with Gasteiger partial charge in [0.25, 0.3) is 5.91 Å². The van der Waals surface area contributed by atoms with Crippen molar-refractivity contribution in [3.8, 4) is 5.75 Å². The van der Waals surface area contributed by atoms with Crippen LogP contribution in [0.15, 0.2) is 30.5 Å². The minimum Gasteiger partial charge on any atom is -0.478 e. The molecule has 1 unspecified atom stereocenters. The third kappa shape index (κ3) is 4.29. The molecule has 2 rings (SSSR count). The first-order chi connectivity index (χ1) is 10.9. The number of amides is 1. The maximum Gasteiger partial charge on any atom is 0.346 e. The Balaban J connectivity index is 1.99. The van der Waals surface area contributed by atoms with Crippen LogP contribution < -0.4 is 10.1 Å². The van der Waals surface area contributed by atoms with E-state index in [2.05, 4.69) is 10.4 Å². The average Bonchev–Trinajstić information content (AvgIpc) is 2.83. The minimum atomic E-state index is -1.29. The van der Waals surface area contributed by atoms with Crippen molar-refractivity contribution in [2.45, 2.75) is 13.0 Å². The van der Waals surface area contributed by atoms with Crippen LogP contribution in [0.5, 0.6) is 5.75 Å². The fourth-order valence-electron chi connectivity index (χ4n) is 1.96. The van der Waals surface area contributed by atoms with Gasteiger partial charge in [0.2, 0.25) is 6.10 Å². The second-order valence-corrected chi connectivity index (χ2v) is 4.91. The van der Waals surface area contributed by atoms with E-state index in [1.165, 1.54) is 16.8 Å². The maximum atomic E-state index is 12.8. The van der Waals surface area contributed by atoms with Gasteiger partial charge in [0.1, 0.15) is 11.6 Å². The molecule has 0 radical (unpaired) electrons. The van der Waals surface area contributed by atoms with Crippen molar-refractivity contribution in [3.05, 3.63) is 47.5 Å². The van der Waals surface area contributed by atoms with Crippen LogP contribution in [0.2, 0.25) is 0 Å². The number of aliphatic carboxylic acids is 1. The van der Waals surface area contributed by atoms with Gasteiger partial charge in [-0.1, -0.05) is 0 Å². The second-order valence-electron chi connectivity index (χ2n) is 4.91. The molecule has 1 aromatic carbocycles. The minimum absolute atomic E-state index is 0.200. The van der Waals surface area contributed by atoms with E-state index in [4.69, 9.17) is 9.84 Å². The van der Waals surface area contributed by atoms with Gasteiger partial charge in [-0.3, -0.25) is 9.48 Å². The molecular weight excluding hydrogens is 305 g/mol. The molecule has 7 nitrogen and oxygen atoms in total. The van der Waals surface area contributed by atoms with Crippen molar-refractivity contribution in [1.82, 2.24) is 15.1 Å². The van der Waals surface area contributed by atoms with Gasteiger partial charge in [-0.2, -0.15) is 5.10 Å². The van der Waals surface area contributed by atoms with Crippen molar-refractivity contribution in [2.75, 3.05) is 6.54 Å². The number of benzene rings is 1. The number of halogens is 1. The highest BCUT2D eigenvalue weighted by Gasteiger charge is 2.22. The van der Waals surface area contributed by atoms with Gasteiger partial charge in [-0.05, 0) is 31.2 Å². The highest BCUT2D eigenvalue weighted by Crippen LogP contribution is 2.13. The van der Waals surface area contributed by atoms with E-state index in [1.54, 1.807) is 20.2 Å². The zero-order valence-electron chi connectivity index (χ0n) is 12.6. The summed E-state index contributed by atoms with van der Waals surface area (Å²) in [4.78, 5) is 23.3. The van der Waals surface area contributed by atoms with E-state index in [1.807, 2.05) is 0 Å². The van der Waals surface area contributed by atoms with Gasteiger partial charge in [0.05, 0.1) is 17.8 Å². The molecular formula is C15H16FN3O4. The average molecular weight is 321 g/mol. The molecule has 0 fully saturated rings. The molecule has 0 aliphatic carbocycles. The fraction of sp³-hybridized carbons (Fsp3) is 0.267. The standard InChI is InChI=1S/C15H16FN3O4/c1-9-12(8-19(2)18-9)14(20)17-7-13(15(21)22)23-11-5-3-10(16)4-6-11/h3-6,8,13H,7H2,1-2H3,(H,17,20)(H,21,22). The quantitative estimate of drug-likeness (QED) is 0.832. The van der Waals surface area contributed by atoms with Crippen LogP contribution in [0.3, 0.4) is 0 Å². The molecule has 0 saturated heterocycles. The monoisotopic (exact) mass is 321 g/mol. The summed E-state index contributed by atoms with van der Waals surface area (Å²) >= 11 is 0. The van der Waals surface area contributed by atoms with Crippen molar-refractivity contribution in [3.63, 3.8) is 0 Å². The molecule has 0 bridgehead atoms. The SMILES string of the molecule is Cc1nn(C)cc1C(=O)NCC(Oc1ccc(F)cc1)C(=O)O. The number of nitrogens with zero attached hydrogens (tertiary/aromatic N) is 2. The predicted octanol–water partition coefficient (Wildman–Crippen LogP) is 1.13. The molecule has 0 saturated carbocycles. The fourth-order valence-corrected chi connectivity index (χ4v) is 1.96. The predicted molar refractivity (Wildman–Crippen MR) is 78.7 cm³/mol. The number of carboxylic acids is 1. The van der Waals surface area contributed by atoms with E-state index < -0.39 is 23.8 Å². The summed E-state index contributed by atoms with van der Waals surface area (Å²) in [5.41, 5.74) is 0.898. The lowest BCUT2D eigenvalue weighted by atomic mass is 10.2. The molecule has 0 aliphatic heterocycles. The van der Waals surface area contributed by atoms with Crippen molar-refractivity contribution in [2.24, 2.45) is 7.05 Å². The zero-order chi connectivity index (χ0) is 17.0. The Bertz CT molecular complexity index is 712. The molecule has 2 N–H and O–H groups in total. The molecule has 23 heavy (non-hydrogen) atoms. The summed E-state index contributed by atoms with van der Waals surface area (Å²) in [6.45, 7) is 1.44. The van der Waals surface area contributed by atoms with Gasteiger partial charge in [0, 0.05) is 13.2 Å². The number of hydrogen-bond donors (Lipinski definition) is 2. The van der Waals surface area contributed by atoms with Crippen LogP contribution in [0.25, 0.3) is 0 Å². The molecule has 1 amide bonds. The van der Waals surface area contributed by atoms with E-state index in [0.29, 0.717) is 11.3 Å². The second kappa shape index (κ2) is 6.91. The van der Waals surface area contributed by atoms with E-state index in [-0.39, 0.29) is 12.3 Å². The topological polar surface area (TPSA) is 93.5 Å². The van der Waals surface area contributed by atoms with Gasteiger partial charge in [0.15, 0.2) is 0 Å². The third-order valence-corrected chi connectivity index (χ3v) is 3.07. The van der Waals surface area contributed by atoms with Crippen LogP contribution in [-0.4, -0.2) is 39.4 Å². The number of ether oxygens (including phenoxy) is 1. The number of hydrogen-bond acceptors (Lipinski definition) is 4. The summed E-state index contributed by atoms with van der Waals surface area (Å²) in [7, 11) is 1.68. The number of nitrogens with one attached hydrogen (secondary N) is 1.